The Bertz CT molecular complexity index is 1260. The Balaban J connectivity index is 1.36. The van der Waals surface area contributed by atoms with Crippen LogP contribution in [-0.4, -0.2) is 56.1 Å². The molecule has 0 saturated carbocycles. The molecule has 1 atom stereocenters. The van der Waals surface area contributed by atoms with Gasteiger partial charge in [-0.1, -0.05) is 30.3 Å². The third kappa shape index (κ3) is 3.89. The summed E-state index contributed by atoms with van der Waals surface area (Å²) < 4.78 is 34.9. The fourth-order valence-electron chi connectivity index (χ4n) is 3.76. The number of piperidine rings is 1. The van der Waals surface area contributed by atoms with Gasteiger partial charge in [-0.2, -0.15) is 5.10 Å². The maximum atomic E-state index is 14.6. The molecular weight excluding hydrogens is 416 g/mol. The summed E-state index contributed by atoms with van der Waals surface area (Å²) in [6.45, 7) is -0.309. The Labute approximate surface area is 182 Å². The zero-order chi connectivity index (χ0) is 22.1. The van der Waals surface area contributed by atoms with Crippen molar-refractivity contribution in [1.29, 1.82) is 0 Å². The molecule has 1 saturated heterocycles. The van der Waals surface area contributed by atoms with Gasteiger partial charge in [-0.25, -0.2) is 18.7 Å². The molecule has 4 aromatic rings. The van der Waals surface area contributed by atoms with E-state index < -0.39 is 18.4 Å². The van der Waals surface area contributed by atoms with Crippen LogP contribution < -0.4 is 4.74 Å². The normalized spacial score (nSPS) is 17.9. The molecule has 1 amide bonds. The molecule has 0 bridgehead atoms. The van der Waals surface area contributed by atoms with Crippen molar-refractivity contribution in [2.75, 3.05) is 13.1 Å². The summed E-state index contributed by atoms with van der Waals surface area (Å²) in [5, 5.41) is 7.44. The monoisotopic (exact) mass is 435 g/mol. The minimum Gasteiger partial charge on any atom is -0.466 e. The van der Waals surface area contributed by atoms with Crippen LogP contribution in [0.25, 0.3) is 22.3 Å². The number of hydrogen-bond acceptors (Lipinski definition) is 5. The summed E-state index contributed by atoms with van der Waals surface area (Å²) in [5.74, 6) is -2.79. The zero-order valence-electron chi connectivity index (χ0n) is 16.9. The van der Waals surface area contributed by atoms with Gasteiger partial charge in [-0.05, 0) is 24.3 Å². The van der Waals surface area contributed by atoms with E-state index in [0.29, 0.717) is 22.5 Å². The molecule has 32 heavy (non-hydrogen) atoms. The molecule has 162 valence electrons. The number of alkyl halides is 2. The smallest absolute Gasteiger partial charge is 0.287 e. The number of hydrogen-bond donors (Lipinski definition) is 1. The van der Waals surface area contributed by atoms with Crippen molar-refractivity contribution >= 4 is 16.8 Å². The molecule has 0 aliphatic carbocycles. The molecule has 1 fully saturated rings. The van der Waals surface area contributed by atoms with Crippen molar-refractivity contribution in [3.63, 3.8) is 0 Å². The lowest BCUT2D eigenvalue weighted by molar-refractivity contribution is -0.131. The van der Waals surface area contributed by atoms with Gasteiger partial charge in [0.1, 0.15) is 6.33 Å². The van der Waals surface area contributed by atoms with E-state index in [-0.39, 0.29) is 24.9 Å². The fraction of sp³-hybridized carbons (Fsp3) is 0.217. The van der Waals surface area contributed by atoms with E-state index in [0.717, 1.165) is 5.39 Å². The molecule has 0 unspecified atom stereocenters. The van der Waals surface area contributed by atoms with Gasteiger partial charge in [0.25, 0.3) is 11.8 Å². The average Bonchev–Trinajstić information content (AvgIpc) is 3.35. The summed E-state index contributed by atoms with van der Waals surface area (Å²) in [6.07, 6.45) is -0.607. The van der Waals surface area contributed by atoms with Crippen LogP contribution in [0.15, 0.2) is 67.0 Å². The molecule has 9 heteroatoms. The number of aromatic amines is 1. The van der Waals surface area contributed by atoms with Gasteiger partial charge in [0.05, 0.1) is 12.1 Å². The number of para-hydroxylation sites is 1. The molecule has 1 N–H and O–H groups in total. The first kappa shape index (κ1) is 20.0. The Kier molecular flexibility index (Phi) is 5.01. The number of nitrogens with one attached hydrogen (secondary N) is 1. The number of benzene rings is 2. The third-order valence-electron chi connectivity index (χ3n) is 5.49. The summed E-state index contributed by atoms with van der Waals surface area (Å²) in [6, 6.07) is 17.5. The fourth-order valence-corrected chi connectivity index (χ4v) is 3.76. The highest BCUT2D eigenvalue weighted by atomic mass is 19.3. The van der Waals surface area contributed by atoms with Gasteiger partial charge in [-0.3, -0.25) is 9.89 Å². The SMILES string of the molecule is O=C(c1cccc(-c2ncn[nH]2)c1)N1CCC(F)(F)[C@@H](Oc2ccc3ccccc3n2)C1. The van der Waals surface area contributed by atoms with Crippen LogP contribution >= 0.6 is 0 Å². The van der Waals surface area contributed by atoms with Crippen molar-refractivity contribution in [1.82, 2.24) is 25.1 Å². The highest BCUT2D eigenvalue weighted by Crippen LogP contribution is 2.32. The Hall–Kier alpha value is -3.88. The van der Waals surface area contributed by atoms with E-state index in [4.69, 9.17) is 4.74 Å². The number of halogens is 2. The number of carbonyl (C=O) groups excluding carboxylic acids is 1. The molecule has 3 heterocycles. The molecule has 1 aliphatic heterocycles. The van der Waals surface area contributed by atoms with E-state index in [2.05, 4.69) is 20.2 Å². The van der Waals surface area contributed by atoms with E-state index in [1.807, 2.05) is 18.2 Å². The van der Waals surface area contributed by atoms with E-state index in [1.54, 1.807) is 42.5 Å². The number of rotatable bonds is 4. The van der Waals surface area contributed by atoms with E-state index >= 15 is 0 Å². The lowest BCUT2D eigenvalue weighted by atomic mass is 10.0. The number of ether oxygens (including phenoxy) is 1. The van der Waals surface area contributed by atoms with Crippen LogP contribution in [0.5, 0.6) is 5.88 Å². The lowest BCUT2D eigenvalue weighted by Crippen LogP contribution is -2.55. The topological polar surface area (TPSA) is 84.0 Å². The number of pyridine rings is 1. The summed E-state index contributed by atoms with van der Waals surface area (Å²) in [7, 11) is 0. The second kappa shape index (κ2) is 7.99. The quantitative estimate of drug-likeness (QED) is 0.525. The number of amides is 1. The molecular formula is C23H19F2N5O2. The van der Waals surface area contributed by atoms with E-state index in [9.17, 15) is 13.6 Å². The maximum absolute atomic E-state index is 14.6. The van der Waals surface area contributed by atoms with Crippen molar-refractivity contribution in [2.24, 2.45) is 0 Å². The molecule has 2 aromatic heterocycles. The van der Waals surface area contributed by atoms with Crippen molar-refractivity contribution < 1.29 is 18.3 Å². The van der Waals surface area contributed by atoms with Crippen molar-refractivity contribution in [2.45, 2.75) is 18.4 Å². The van der Waals surface area contributed by atoms with Crippen molar-refractivity contribution in [3.8, 4) is 17.3 Å². The van der Waals surface area contributed by atoms with Crippen LogP contribution in [0.1, 0.15) is 16.8 Å². The molecule has 5 rings (SSSR count). The minimum atomic E-state index is -3.08. The predicted octanol–water partition coefficient (Wildman–Crippen LogP) is 3.95. The van der Waals surface area contributed by atoms with Gasteiger partial charge >= 0.3 is 0 Å². The second-order valence-electron chi connectivity index (χ2n) is 7.63. The molecule has 1 aliphatic rings. The first-order valence-electron chi connectivity index (χ1n) is 10.1. The van der Waals surface area contributed by atoms with E-state index in [1.165, 1.54) is 11.2 Å². The van der Waals surface area contributed by atoms with Crippen LogP contribution in [0.4, 0.5) is 8.78 Å². The first-order valence-corrected chi connectivity index (χ1v) is 10.1. The number of likely N-dealkylation sites (tertiary alicyclic amines) is 1. The summed E-state index contributed by atoms with van der Waals surface area (Å²) in [5.41, 5.74) is 1.72. The predicted molar refractivity (Wildman–Crippen MR) is 113 cm³/mol. The molecule has 2 aromatic carbocycles. The van der Waals surface area contributed by atoms with Crippen molar-refractivity contribution in [3.05, 3.63) is 72.6 Å². The first-order chi connectivity index (χ1) is 15.5. The third-order valence-corrected chi connectivity index (χ3v) is 5.49. The zero-order valence-corrected chi connectivity index (χ0v) is 16.9. The Morgan fingerprint density at radius 3 is 2.84 bits per heavy atom. The van der Waals surface area contributed by atoms with Crippen LogP contribution in [0.2, 0.25) is 0 Å². The number of carbonyl (C=O) groups is 1. The summed E-state index contributed by atoms with van der Waals surface area (Å²) in [4.78, 5) is 22.9. The van der Waals surface area contributed by atoms with Gasteiger partial charge in [0, 0.05) is 35.5 Å². The van der Waals surface area contributed by atoms with Gasteiger partial charge in [-0.15, -0.1) is 0 Å². The minimum absolute atomic E-state index is 0.0661. The highest BCUT2D eigenvalue weighted by Gasteiger charge is 2.47. The number of fused-ring (bicyclic) bond motifs is 1. The largest absolute Gasteiger partial charge is 0.466 e. The summed E-state index contributed by atoms with van der Waals surface area (Å²) >= 11 is 0. The maximum Gasteiger partial charge on any atom is 0.287 e. The lowest BCUT2D eigenvalue weighted by Gasteiger charge is -2.38. The van der Waals surface area contributed by atoms with Crippen LogP contribution in [-0.2, 0) is 0 Å². The number of aromatic nitrogens is 4. The Morgan fingerprint density at radius 2 is 2.00 bits per heavy atom. The molecule has 0 radical (unpaired) electrons. The second-order valence-corrected chi connectivity index (χ2v) is 7.63. The van der Waals surface area contributed by atoms with Gasteiger partial charge in [0.2, 0.25) is 5.88 Å². The molecule has 7 nitrogen and oxygen atoms in total. The van der Waals surface area contributed by atoms with Gasteiger partial charge in [0.15, 0.2) is 11.9 Å². The molecule has 0 spiro atoms. The number of H-pyrrole nitrogens is 1. The van der Waals surface area contributed by atoms with Gasteiger partial charge < -0.3 is 9.64 Å². The average molecular weight is 435 g/mol. The standard InChI is InChI=1S/C23H19F2N5O2/c24-23(25)10-11-30(22(31)17-6-3-5-16(12-17)21-26-14-27-29-21)13-19(23)32-20-9-8-15-4-1-2-7-18(15)28-20/h1-9,12,14,19H,10-11,13H2,(H,26,27,29)/t19-/m0/s1. The highest BCUT2D eigenvalue weighted by molar-refractivity contribution is 5.95. The van der Waals surface area contributed by atoms with Crippen LogP contribution in [0.3, 0.4) is 0 Å². The van der Waals surface area contributed by atoms with Crippen LogP contribution in [0, 0.1) is 0 Å². The number of nitrogens with zero attached hydrogens (tertiary/aromatic N) is 4. The Morgan fingerprint density at radius 1 is 1.12 bits per heavy atom.